The highest BCUT2D eigenvalue weighted by Gasteiger charge is 2.02. The Morgan fingerprint density at radius 3 is 2.44 bits per heavy atom. The number of rotatable bonds is 5. The SMILES string of the molecule is Clc1cc(CBr)ccc1OCCc1ccccc1. The van der Waals surface area contributed by atoms with Crippen LogP contribution in [0.25, 0.3) is 0 Å². The van der Waals surface area contributed by atoms with Gasteiger partial charge in [-0.1, -0.05) is 63.9 Å². The van der Waals surface area contributed by atoms with Gasteiger partial charge in [0.1, 0.15) is 5.75 Å². The van der Waals surface area contributed by atoms with Gasteiger partial charge in [0.15, 0.2) is 0 Å². The van der Waals surface area contributed by atoms with Crippen molar-refractivity contribution in [3.05, 3.63) is 64.7 Å². The Morgan fingerprint density at radius 1 is 1.00 bits per heavy atom. The Kier molecular flexibility index (Phi) is 5.09. The monoisotopic (exact) mass is 324 g/mol. The molecular weight excluding hydrogens is 312 g/mol. The molecule has 0 saturated heterocycles. The van der Waals surface area contributed by atoms with E-state index < -0.39 is 0 Å². The van der Waals surface area contributed by atoms with Gasteiger partial charge in [0.2, 0.25) is 0 Å². The topological polar surface area (TPSA) is 9.23 Å². The molecule has 0 amide bonds. The quantitative estimate of drug-likeness (QED) is 0.714. The van der Waals surface area contributed by atoms with Gasteiger partial charge in [-0.2, -0.15) is 0 Å². The molecule has 94 valence electrons. The highest BCUT2D eigenvalue weighted by atomic mass is 79.9. The van der Waals surface area contributed by atoms with Gasteiger partial charge in [0, 0.05) is 11.8 Å². The van der Waals surface area contributed by atoms with Crippen LogP contribution in [-0.2, 0) is 11.8 Å². The van der Waals surface area contributed by atoms with Crippen molar-refractivity contribution in [2.24, 2.45) is 0 Å². The lowest BCUT2D eigenvalue weighted by Crippen LogP contribution is -2.01. The number of benzene rings is 2. The lowest BCUT2D eigenvalue weighted by atomic mass is 10.2. The van der Waals surface area contributed by atoms with Crippen molar-refractivity contribution in [2.45, 2.75) is 11.8 Å². The van der Waals surface area contributed by atoms with Crippen molar-refractivity contribution in [3.8, 4) is 5.75 Å². The molecule has 0 spiro atoms. The number of ether oxygens (including phenoxy) is 1. The molecule has 1 nitrogen and oxygen atoms in total. The summed E-state index contributed by atoms with van der Waals surface area (Å²) in [6.45, 7) is 0.636. The van der Waals surface area contributed by atoms with E-state index in [-0.39, 0.29) is 0 Å². The van der Waals surface area contributed by atoms with Gasteiger partial charge in [0.25, 0.3) is 0 Å². The van der Waals surface area contributed by atoms with Crippen molar-refractivity contribution < 1.29 is 4.74 Å². The van der Waals surface area contributed by atoms with E-state index >= 15 is 0 Å². The second kappa shape index (κ2) is 6.81. The second-order valence-corrected chi connectivity index (χ2v) is 4.95. The van der Waals surface area contributed by atoms with Crippen LogP contribution in [0.15, 0.2) is 48.5 Å². The van der Waals surface area contributed by atoms with Gasteiger partial charge in [0.05, 0.1) is 11.6 Å². The molecule has 0 unspecified atom stereocenters. The minimum Gasteiger partial charge on any atom is -0.492 e. The molecule has 0 bridgehead atoms. The summed E-state index contributed by atoms with van der Waals surface area (Å²) in [7, 11) is 0. The molecule has 3 heteroatoms. The summed E-state index contributed by atoms with van der Waals surface area (Å²) < 4.78 is 5.69. The predicted molar refractivity (Wildman–Crippen MR) is 79.7 cm³/mol. The summed E-state index contributed by atoms with van der Waals surface area (Å²) in [5.41, 5.74) is 2.42. The normalized spacial score (nSPS) is 10.3. The van der Waals surface area contributed by atoms with E-state index in [1.807, 2.05) is 36.4 Å². The second-order valence-electron chi connectivity index (χ2n) is 3.98. The Hall–Kier alpha value is -0.990. The Morgan fingerprint density at radius 2 is 1.78 bits per heavy atom. The molecule has 0 N–H and O–H groups in total. The van der Waals surface area contributed by atoms with Crippen LogP contribution in [0.5, 0.6) is 5.75 Å². The Bertz CT molecular complexity index is 499. The smallest absolute Gasteiger partial charge is 0.137 e. The third-order valence-electron chi connectivity index (χ3n) is 2.64. The van der Waals surface area contributed by atoms with Crippen LogP contribution in [0, 0.1) is 0 Å². The van der Waals surface area contributed by atoms with E-state index in [1.165, 1.54) is 5.56 Å². The van der Waals surface area contributed by atoms with Crippen LogP contribution < -0.4 is 4.74 Å². The van der Waals surface area contributed by atoms with Gasteiger partial charge in [-0.05, 0) is 23.3 Å². The van der Waals surface area contributed by atoms with E-state index in [4.69, 9.17) is 16.3 Å². The van der Waals surface area contributed by atoms with Gasteiger partial charge in [-0.3, -0.25) is 0 Å². The average Bonchev–Trinajstić information content (AvgIpc) is 2.42. The third-order valence-corrected chi connectivity index (χ3v) is 3.58. The van der Waals surface area contributed by atoms with Crippen LogP contribution >= 0.6 is 27.5 Å². The highest BCUT2D eigenvalue weighted by Crippen LogP contribution is 2.26. The van der Waals surface area contributed by atoms with E-state index in [1.54, 1.807) is 0 Å². The van der Waals surface area contributed by atoms with Crippen LogP contribution in [0.3, 0.4) is 0 Å². The largest absolute Gasteiger partial charge is 0.492 e. The summed E-state index contributed by atoms with van der Waals surface area (Å²) >= 11 is 9.54. The minimum absolute atomic E-state index is 0.636. The van der Waals surface area contributed by atoms with Crippen molar-refractivity contribution >= 4 is 27.5 Å². The maximum absolute atomic E-state index is 6.14. The number of halogens is 2. The van der Waals surface area contributed by atoms with Crippen LogP contribution in [0.2, 0.25) is 5.02 Å². The van der Waals surface area contributed by atoms with Gasteiger partial charge >= 0.3 is 0 Å². The van der Waals surface area contributed by atoms with Crippen molar-refractivity contribution in [1.82, 2.24) is 0 Å². The molecular formula is C15H14BrClO. The maximum atomic E-state index is 6.14. The van der Waals surface area contributed by atoms with Gasteiger partial charge in [-0.25, -0.2) is 0 Å². The van der Waals surface area contributed by atoms with Gasteiger partial charge < -0.3 is 4.74 Å². The average molecular weight is 326 g/mol. The number of hydrogen-bond donors (Lipinski definition) is 0. The molecule has 0 heterocycles. The summed E-state index contributed by atoms with van der Waals surface area (Å²) in [5, 5.41) is 1.47. The summed E-state index contributed by atoms with van der Waals surface area (Å²) in [6, 6.07) is 16.1. The summed E-state index contributed by atoms with van der Waals surface area (Å²) in [6.07, 6.45) is 0.886. The van der Waals surface area contributed by atoms with Crippen LogP contribution in [0.1, 0.15) is 11.1 Å². The fourth-order valence-corrected chi connectivity index (χ4v) is 2.27. The molecule has 0 fully saturated rings. The van der Waals surface area contributed by atoms with E-state index in [0.29, 0.717) is 11.6 Å². The van der Waals surface area contributed by atoms with Crippen LogP contribution in [-0.4, -0.2) is 6.61 Å². The van der Waals surface area contributed by atoms with E-state index in [0.717, 1.165) is 23.1 Å². The molecule has 2 aromatic carbocycles. The van der Waals surface area contributed by atoms with Gasteiger partial charge in [-0.15, -0.1) is 0 Å². The van der Waals surface area contributed by atoms with Crippen molar-refractivity contribution in [3.63, 3.8) is 0 Å². The third kappa shape index (κ3) is 3.76. The maximum Gasteiger partial charge on any atom is 0.137 e. The molecule has 18 heavy (non-hydrogen) atoms. The van der Waals surface area contributed by atoms with E-state index in [2.05, 4.69) is 28.1 Å². The molecule has 0 aliphatic carbocycles. The molecule has 0 saturated carbocycles. The Labute approximate surface area is 121 Å². The minimum atomic E-state index is 0.636. The Balaban J connectivity index is 1.91. The van der Waals surface area contributed by atoms with E-state index in [9.17, 15) is 0 Å². The molecule has 0 aromatic heterocycles. The molecule has 2 rings (SSSR count). The van der Waals surface area contributed by atoms with Crippen molar-refractivity contribution in [1.29, 1.82) is 0 Å². The fourth-order valence-electron chi connectivity index (χ4n) is 1.67. The molecule has 0 aliphatic heterocycles. The molecule has 0 aliphatic rings. The number of alkyl halides is 1. The molecule has 0 radical (unpaired) electrons. The first-order valence-corrected chi connectivity index (χ1v) is 7.30. The molecule has 2 aromatic rings. The zero-order valence-corrected chi connectivity index (χ0v) is 12.2. The summed E-state index contributed by atoms with van der Waals surface area (Å²) in [4.78, 5) is 0. The lowest BCUT2D eigenvalue weighted by Gasteiger charge is -2.09. The highest BCUT2D eigenvalue weighted by molar-refractivity contribution is 9.08. The first kappa shape index (κ1) is 13.4. The summed E-state index contributed by atoms with van der Waals surface area (Å²) in [5.74, 6) is 0.747. The zero-order valence-electron chi connectivity index (χ0n) is 9.90. The first-order valence-electron chi connectivity index (χ1n) is 5.80. The lowest BCUT2D eigenvalue weighted by molar-refractivity contribution is 0.322. The standard InChI is InChI=1S/C15H14BrClO/c16-11-13-6-7-15(14(17)10-13)18-9-8-12-4-2-1-3-5-12/h1-7,10H,8-9,11H2. The predicted octanol–water partition coefficient (Wildman–Crippen LogP) is 4.86. The molecule has 0 atom stereocenters. The first-order chi connectivity index (χ1) is 8.79. The van der Waals surface area contributed by atoms with Crippen LogP contribution in [0.4, 0.5) is 0 Å². The number of hydrogen-bond acceptors (Lipinski definition) is 1. The van der Waals surface area contributed by atoms with Crippen molar-refractivity contribution in [2.75, 3.05) is 6.61 Å². The fraction of sp³-hybridized carbons (Fsp3) is 0.200. The zero-order chi connectivity index (χ0) is 12.8.